The lowest BCUT2D eigenvalue weighted by atomic mass is 10.0. The molecule has 2 heterocycles. The van der Waals surface area contributed by atoms with Gasteiger partial charge in [-0.3, -0.25) is 19.9 Å². The van der Waals surface area contributed by atoms with Crippen LogP contribution < -0.4 is 0 Å². The number of rotatable bonds is 4. The van der Waals surface area contributed by atoms with Crippen molar-refractivity contribution in [1.29, 1.82) is 0 Å². The van der Waals surface area contributed by atoms with E-state index in [1.165, 1.54) is 38.8 Å². The molecule has 114 valence electrons. The highest BCUT2D eigenvalue weighted by Crippen LogP contribution is 2.22. The van der Waals surface area contributed by atoms with Gasteiger partial charge in [-0.15, -0.1) is 0 Å². The first kappa shape index (κ1) is 14.5. The van der Waals surface area contributed by atoms with E-state index in [-0.39, 0.29) is 10.6 Å². The average molecular weight is 289 g/mol. The number of benzene rings is 1. The second-order valence-electron chi connectivity index (χ2n) is 6.20. The maximum Gasteiger partial charge on any atom is 0.269 e. The van der Waals surface area contributed by atoms with Gasteiger partial charge in [0.05, 0.1) is 4.92 Å². The van der Waals surface area contributed by atoms with Crippen LogP contribution in [0.4, 0.5) is 5.69 Å². The highest BCUT2D eigenvalue weighted by atomic mass is 16.6. The molecule has 2 aliphatic rings. The molecule has 1 aromatic carbocycles. The topological polar surface area (TPSA) is 49.6 Å². The Bertz CT molecular complexity index is 500. The number of non-ortho nitro benzene ring substituents is 1. The third-order valence-electron chi connectivity index (χ3n) is 4.67. The fourth-order valence-corrected chi connectivity index (χ4v) is 3.61. The summed E-state index contributed by atoms with van der Waals surface area (Å²) >= 11 is 0. The first-order valence-corrected chi connectivity index (χ1v) is 7.92. The zero-order chi connectivity index (χ0) is 14.7. The van der Waals surface area contributed by atoms with E-state index in [1.54, 1.807) is 18.2 Å². The Labute approximate surface area is 125 Å². The van der Waals surface area contributed by atoms with Crippen molar-refractivity contribution in [2.45, 2.75) is 38.3 Å². The molecule has 1 atom stereocenters. The number of likely N-dealkylation sites (tertiary alicyclic amines) is 2. The monoisotopic (exact) mass is 289 g/mol. The third-order valence-corrected chi connectivity index (χ3v) is 4.67. The second-order valence-corrected chi connectivity index (χ2v) is 6.20. The molecule has 0 amide bonds. The molecule has 1 aromatic rings. The summed E-state index contributed by atoms with van der Waals surface area (Å²) in [5.74, 6) is 0. The van der Waals surface area contributed by atoms with Crippen LogP contribution in [-0.2, 0) is 6.54 Å². The first-order valence-electron chi connectivity index (χ1n) is 7.92. The SMILES string of the molecule is O=[N+]([O-])c1cccc(CN2CCC[C@H](N3CCCC3)C2)c1. The summed E-state index contributed by atoms with van der Waals surface area (Å²) in [6.45, 7) is 5.52. The summed E-state index contributed by atoms with van der Waals surface area (Å²) in [5.41, 5.74) is 1.24. The molecule has 0 radical (unpaired) electrons. The summed E-state index contributed by atoms with van der Waals surface area (Å²) < 4.78 is 0. The van der Waals surface area contributed by atoms with E-state index in [1.807, 2.05) is 6.07 Å². The minimum absolute atomic E-state index is 0.195. The number of nitro benzene ring substituents is 1. The van der Waals surface area contributed by atoms with Crippen LogP contribution in [0, 0.1) is 10.1 Å². The van der Waals surface area contributed by atoms with Gasteiger partial charge in [0.25, 0.3) is 5.69 Å². The molecular weight excluding hydrogens is 266 g/mol. The zero-order valence-corrected chi connectivity index (χ0v) is 12.4. The van der Waals surface area contributed by atoms with Crippen molar-refractivity contribution in [2.75, 3.05) is 26.2 Å². The maximum atomic E-state index is 10.9. The van der Waals surface area contributed by atoms with Crippen molar-refractivity contribution in [3.8, 4) is 0 Å². The molecule has 21 heavy (non-hydrogen) atoms. The predicted molar refractivity (Wildman–Crippen MR) is 82.2 cm³/mol. The van der Waals surface area contributed by atoms with Crippen LogP contribution >= 0.6 is 0 Å². The lowest BCUT2D eigenvalue weighted by molar-refractivity contribution is -0.384. The Hall–Kier alpha value is -1.46. The van der Waals surface area contributed by atoms with E-state index in [9.17, 15) is 10.1 Å². The van der Waals surface area contributed by atoms with Crippen LogP contribution in [0.15, 0.2) is 24.3 Å². The predicted octanol–water partition coefficient (Wildman–Crippen LogP) is 2.66. The zero-order valence-electron chi connectivity index (χ0n) is 12.4. The lowest BCUT2D eigenvalue weighted by Gasteiger charge is -2.37. The number of nitro groups is 1. The average Bonchev–Trinajstić information content (AvgIpc) is 3.02. The van der Waals surface area contributed by atoms with Crippen molar-refractivity contribution in [3.05, 3.63) is 39.9 Å². The van der Waals surface area contributed by atoms with Crippen LogP contribution in [0.1, 0.15) is 31.2 Å². The van der Waals surface area contributed by atoms with Crippen LogP contribution in [0.3, 0.4) is 0 Å². The van der Waals surface area contributed by atoms with Crippen molar-refractivity contribution >= 4 is 5.69 Å². The minimum atomic E-state index is -0.313. The minimum Gasteiger partial charge on any atom is -0.299 e. The highest BCUT2D eigenvalue weighted by Gasteiger charge is 2.27. The van der Waals surface area contributed by atoms with Crippen molar-refractivity contribution in [2.24, 2.45) is 0 Å². The van der Waals surface area contributed by atoms with E-state index in [2.05, 4.69) is 9.80 Å². The summed E-state index contributed by atoms with van der Waals surface area (Å²) in [5, 5.41) is 10.9. The largest absolute Gasteiger partial charge is 0.299 e. The van der Waals surface area contributed by atoms with E-state index in [4.69, 9.17) is 0 Å². The highest BCUT2D eigenvalue weighted by molar-refractivity contribution is 5.34. The third kappa shape index (κ3) is 3.60. The van der Waals surface area contributed by atoms with Crippen molar-refractivity contribution < 1.29 is 4.92 Å². The van der Waals surface area contributed by atoms with E-state index < -0.39 is 0 Å². The molecule has 5 heteroatoms. The second kappa shape index (κ2) is 6.54. The van der Waals surface area contributed by atoms with Gasteiger partial charge in [-0.1, -0.05) is 12.1 Å². The Morgan fingerprint density at radius 1 is 1.19 bits per heavy atom. The van der Waals surface area contributed by atoms with Crippen LogP contribution in [0.2, 0.25) is 0 Å². The molecule has 2 aliphatic heterocycles. The van der Waals surface area contributed by atoms with Gasteiger partial charge in [-0.2, -0.15) is 0 Å². The van der Waals surface area contributed by atoms with Crippen LogP contribution in [-0.4, -0.2) is 46.9 Å². The van der Waals surface area contributed by atoms with Gasteiger partial charge in [0.15, 0.2) is 0 Å². The lowest BCUT2D eigenvalue weighted by Crippen LogP contribution is -2.46. The summed E-state index contributed by atoms with van der Waals surface area (Å²) in [7, 11) is 0. The van der Waals surface area contributed by atoms with Crippen molar-refractivity contribution in [1.82, 2.24) is 9.80 Å². The molecule has 0 aliphatic carbocycles. The van der Waals surface area contributed by atoms with Gasteiger partial charge < -0.3 is 0 Å². The molecule has 5 nitrogen and oxygen atoms in total. The summed E-state index contributed by atoms with van der Waals surface area (Å²) in [6.07, 6.45) is 5.20. The van der Waals surface area contributed by atoms with Gasteiger partial charge in [-0.05, 0) is 50.9 Å². The molecule has 2 saturated heterocycles. The van der Waals surface area contributed by atoms with E-state index in [0.717, 1.165) is 25.2 Å². The molecule has 0 spiro atoms. The number of hydrogen-bond donors (Lipinski definition) is 0. The van der Waals surface area contributed by atoms with E-state index >= 15 is 0 Å². The fraction of sp³-hybridized carbons (Fsp3) is 0.625. The Kier molecular flexibility index (Phi) is 4.51. The van der Waals surface area contributed by atoms with E-state index in [0.29, 0.717) is 6.04 Å². The van der Waals surface area contributed by atoms with Gasteiger partial charge in [0.2, 0.25) is 0 Å². The molecule has 0 saturated carbocycles. The standard InChI is InChI=1S/C16H23N3O2/c20-19(21)15-6-3-5-14(11-15)12-17-8-4-7-16(13-17)18-9-1-2-10-18/h3,5-6,11,16H,1-2,4,7-10,12-13H2/t16-/m0/s1. The van der Waals surface area contributed by atoms with Crippen LogP contribution in [0.25, 0.3) is 0 Å². The molecular formula is C16H23N3O2. The number of hydrogen-bond acceptors (Lipinski definition) is 4. The normalized spacial score (nSPS) is 24.3. The smallest absolute Gasteiger partial charge is 0.269 e. The fourth-order valence-electron chi connectivity index (χ4n) is 3.61. The Morgan fingerprint density at radius 3 is 2.76 bits per heavy atom. The summed E-state index contributed by atoms with van der Waals surface area (Å²) in [6, 6.07) is 7.73. The molecule has 2 fully saturated rings. The van der Waals surface area contributed by atoms with Gasteiger partial charge in [0, 0.05) is 31.3 Å². The van der Waals surface area contributed by atoms with Gasteiger partial charge in [0.1, 0.15) is 0 Å². The number of nitrogens with zero attached hydrogens (tertiary/aromatic N) is 3. The summed E-state index contributed by atoms with van der Waals surface area (Å²) in [4.78, 5) is 15.6. The molecule has 0 N–H and O–H groups in total. The first-order chi connectivity index (χ1) is 10.2. The quantitative estimate of drug-likeness (QED) is 0.631. The maximum absolute atomic E-state index is 10.9. The molecule has 0 bridgehead atoms. The molecule has 3 rings (SSSR count). The van der Waals surface area contributed by atoms with Crippen LogP contribution in [0.5, 0.6) is 0 Å². The Balaban J connectivity index is 1.61. The van der Waals surface area contributed by atoms with Gasteiger partial charge in [-0.25, -0.2) is 0 Å². The van der Waals surface area contributed by atoms with Crippen molar-refractivity contribution in [3.63, 3.8) is 0 Å². The molecule has 0 unspecified atom stereocenters. The van der Waals surface area contributed by atoms with Gasteiger partial charge >= 0.3 is 0 Å². The number of piperidine rings is 1. The molecule has 0 aromatic heterocycles. The Morgan fingerprint density at radius 2 is 2.00 bits per heavy atom.